The third kappa shape index (κ3) is 1.41. The summed E-state index contributed by atoms with van der Waals surface area (Å²) in [6.07, 6.45) is 6.37. The first-order valence-corrected chi connectivity index (χ1v) is 9.12. The smallest absolute Gasteiger partial charge is 0.334 e. The second-order valence-electron chi connectivity index (χ2n) is 9.37. The molecule has 0 radical (unpaired) electrons. The average Bonchev–Trinajstić information content (AvgIpc) is 2.75. The van der Waals surface area contributed by atoms with E-state index in [0.717, 1.165) is 23.8 Å². The van der Waals surface area contributed by atoms with Gasteiger partial charge < -0.3 is 4.74 Å². The summed E-state index contributed by atoms with van der Waals surface area (Å²) in [6.45, 7) is 12.6. The van der Waals surface area contributed by atoms with Crippen molar-refractivity contribution in [3.8, 4) is 0 Å². The van der Waals surface area contributed by atoms with Gasteiger partial charge in [0.05, 0.1) is 0 Å². The average molecular weight is 302 g/mol. The van der Waals surface area contributed by atoms with E-state index in [1.807, 2.05) is 0 Å². The minimum atomic E-state index is -0.0533. The molecule has 0 amide bonds. The maximum Gasteiger partial charge on any atom is 0.334 e. The zero-order valence-electron chi connectivity index (χ0n) is 14.8. The second-order valence-corrected chi connectivity index (χ2v) is 9.37. The highest BCUT2D eigenvalue weighted by atomic mass is 16.5. The second kappa shape index (κ2) is 4.19. The number of hydrogen-bond acceptors (Lipinski definition) is 2. The van der Waals surface area contributed by atoms with Crippen LogP contribution in [0.3, 0.4) is 0 Å². The molecule has 3 aliphatic carbocycles. The minimum absolute atomic E-state index is 0.0241. The van der Waals surface area contributed by atoms with Crippen molar-refractivity contribution >= 4 is 5.97 Å². The first-order valence-electron chi connectivity index (χ1n) is 9.12. The Morgan fingerprint density at radius 3 is 2.64 bits per heavy atom. The maximum absolute atomic E-state index is 12.4. The minimum Gasteiger partial charge on any atom is -0.461 e. The molecule has 1 aliphatic heterocycles. The SMILES string of the molecule is CC1=C2C(=O)OC[C@@]2(C)[C@@H]2C[C@@H]3CC[C@@H](C)[C@@]2(CC1)C3(C)C. The van der Waals surface area contributed by atoms with Crippen LogP contribution in [-0.4, -0.2) is 12.6 Å². The molecule has 5 atom stereocenters. The van der Waals surface area contributed by atoms with Crippen LogP contribution in [0.2, 0.25) is 0 Å². The highest BCUT2D eigenvalue weighted by molar-refractivity contribution is 5.93. The highest BCUT2D eigenvalue weighted by Gasteiger charge is 2.69. The van der Waals surface area contributed by atoms with Crippen molar-refractivity contribution in [2.75, 3.05) is 6.61 Å². The molecular formula is C20H30O2. The van der Waals surface area contributed by atoms with Crippen molar-refractivity contribution in [1.29, 1.82) is 0 Å². The molecule has 1 saturated heterocycles. The zero-order valence-corrected chi connectivity index (χ0v) is 14.8. The fourth-order valence-electron chi connectivity index (χ4n) is 7.40. The van der Waals surface area contributed by atoms with Crippen LogP contribution in [-0.2, 0) is 9.53 Å². The molecular weight excluding hydrogens is 272 g/mol. The molecule has 2 nitrogen and oxygen atoms in total. The van der Waals surface area contributed by atoms with Crippen molar-refractivity contribution in [1.82, 2.24) is 0 Å². The molecule has 22 heavy (non-hydrogen) atoms. The lowest BCUT2D eigenvalue weighted by Gasteiger charge is -2.56. The number of ether oxygens (including phenoxy) is 1. The fourth-order valence-corrected chi connectivity index (χ4v) is 7.40. The number of carbonyl (C=O) groups excluding carboxylic acids is 1. The van der Waals surface area contributed by atoms with E-state index in [-0.39, 0.29) is 11.4 Å². The first-order chi connectivity index (χ1) is 10.2. The summed E-state index contributed by atoms with van der Waals surface area (Å²) in [6, 6.07) is 0. The Hall–Kier alpha value is -0.790. The van der Waals surface area contributed by atoms with Gasteiger partial charge in [-0.2, -0.15) is 0 Å². The van der Waals surface area contributed by atoms with Crippen LogP contribution >= 0.6 is 0 Å². The third-order valence-corrected chi connectivity index (χ3v) is 8.58. The summed E-state index contributed by atoms with van der Waals surface area (Å²) in [5.74, 6) is 2.16. The Morgan fingerprint density at radius 2 is 1.91 bits per heavy atom. The molecule has 0 N–H and O–H groups in total. The monoisotopic (exact) mass is 302 g/mol. The highest BCUT2D eigenvalue weighted by Crippen LogP contribution is 2.75. The largest absolute Gasteiger partial charge is 0.461 e. The van der Waals surface area contributed by atoms with Crippen LogP contribution in [0, 0.1) is 34.0 Å². The number of hydrogen-bond donors (Lipinski definition) is 0. The van der Waals surface area contributed by atoms with Gasteiger partial charge in [0.25, 0.3) is 0 Å². The standard InChI is InChI=1S/C20H30O2/c1-12-8-9-20-13(2)6-7-14(18(20,3)4)10-15(20)19(5)11-22-17(21)16(12)19/h13-15H,6-11H2,1-5H3/t13-,14+,15+,19+,20-/m1/s1. The van der Waals surface area contributed by atoms with Gasteiger partial charge in [-0.05, 0) is 67.6 Å². The molecule has 122 valence electrons. The summed E-state index contributed by atoms with van der Waals surface area (Å²) < 4.78 is 5.59. The van der Waals surface area contributed by atoms with Gasteiger partial charge in [-0.3, -0.25) is 0 Å². The van der Waals surface area contributed by atoms with Gasteiger partial charge in [-0.1, -0.05) is 33.3 Å². The number of cyclic esters (lactones) is 1. The molecule has 0 aromatic rings. The van der Waals surface area contributed by atoms with Gasteiger partial charge in [-0.15, -0.1) is 0 Å². The maximum atomic E-state index is 12.4. The first kappa shape index (κ1) is 14.8. The number of carbonyl (C=O) groups is 1. The zero-order chi connectivity index (χ0) is 15.9. The van der Waals surface area contributed by atoms with E-state index < -0.39 is 0 Å². The number of fused-ring (bicyclic) bond motifs is 3. The molecule has 0 unspecified atom stereocenters. The summed E-state index contributed by atoms with van der Waals surface area (Å²) >= 11 is 0. The molecule has 4 rings (SSSR count). The molecule has 2 heteroatoms. The molecule has 2 saturated carbocycles. The lowest BCUT2D eigenvalue weighted by atomic mass is 9.48. The van der Waals surface area contributed by atoms with Gasteiger partial charge >= 0.3 is 5.97 Å². The summed E-state index contributed by atoms with van der Waals surface area (Å²) in [7, 11) is 0. The Labute approximate surface area is 134 Å². The van der Waals surface area contributed by atoms with Gasteiger partial charge in [0.15, 0.2) is 0 Å². The third-order valence-electron chi connectivity index (χ3n) is 8.58. The molecule has 4 aliphatic rings. The van der Waals surface area contributed by atoms with Gasteiger partial charge in [0.1, 0.15) is 6.61 Å². The Kier molecular flexibility index (Phi) is 2.81. The fraction of sp³-hybridized carbons (Fsp3) is 0.850. The van der Waals surface area contributed by atoms with Gasteiger partial charge in [0.2, 0.25) is 0 Å². The number of allylic oxidation sites excluding steroid dienone is 1. The number of rotatable bonds is 0. The van der Waals surface area contributed by atoms with Crippen molar-refractivity contribution in [2.45, 2.75) is 66.7 Å². The number of esters is 1. The van der Waals surface area contributed by atoms with Crippen LogP contribution in [0.5, 0.6) is 0 Å². The lowest BCUT2D eigenvalue weighted by Crippen LogP contribution is -2.51. The van der Waals surface area contributed by atoms with Crippen LogP contribution < -0.4 is 0 Å². The van der Waals surface area contributed by atoms with Gasteiger partial charge in [0, 0.05) is 11.0 Å². The van der Waals surface area contributed by atoms with E-state index in [4.69, 9.17) is 4.74 Å². The van der Waals surface area contributed by atoms with Crippen molar-refractivity contribution in [3.05, 3.63) is 11.1 Å². The topological polar surface area (TPSA) is 26.3 Å². The van der Waals surface area contributed by atoms with Gasteiger partial charge in [-0.25, -0.2) is 4.79 Å². The molecule has 1 spiro atoms. The van der Waals surface area contributed by atoms with E-state index in [1.165, 1.54) is 31.3 Å². The Bertz CT molecular complexity index is 572. The van der Waals surface area contributed by atoms with E-state index in [0.29, 0.717) is 23.4 Å². The molecule has 3 fully saturated rings. The summed E-state index contributed by atoms with van der Waals surface area (Å²) in [5.41, 5.74) is 3.06. The predicted octanol–water partition coefficient (Wildman–Crippen LogP) is 4.74. The molecule has 0 aromatic heterocycles. The van der Waals surface area contributed by atoms with E-state index in [9.17, 15) is 4.79 Å². The summed E-state index contributed by atoms with van der Waals surface area (Å²) in [4.78, 5) is 12.4. The molecule has 2 bridgehead atoms. The molecule has 1 heterocycles. The van der Waals surface area contributed by atoms with Crippen LogP contribution in [0.4, 0.5) is 0 Å². The van der Waals surface area contributed by atoms with Crippen LogP contribution in [0.15, 0.2) is 11.1 Å². The normalized spacial score (nSPS) is 49.5. The lowest BCUT2D eigenvalue weighted by molar-refractivity contribution is -0.135. The van der Waals surface area contributed by atoms with Crippen LogP contribution in [0.25, 0.3) is 0 Å². The van der Waals surface area contributed by atoms with E-state index >= 15 is 0 Å². The molecule has 0 aromatic carbocycles. The predicted molar refractivity (Wildman–Crippen MR) is 87.2 cm³/mol. The van der Waals surface area contributed by atoms with Crippen molar-refractivity contribution < 1.29 is 9.53 Å². The Balaban J connectivity index is 1.93. The van der Waals surface area contributed by atoms with E-state index in [1.54, 1.807) is 0 Å². The van der Waals surface area contributed by atoms with Crippen LogP contribution in [0.1, 0.15) is 66.7 Å². The quantitative estimate of drug-likeness (QED) is 0.604. The van der Waals surface area contributed by atoms with Crippen molar-refractivity contribution in [3.63, 3.8) is 0 Å². The summed E-state index contributed by atoms with van der Waals surface area (Å²) in [5, 5.41) is 0. The van der Waals surface area contributed by atoms with E-state index in [2.05, 4.69) is 34.6 Å². The Morgan fingerprint density at radius 1 is 1.18 bits per heavy atom. The van der Waals surface area contributed by atoms with Crippen molar-refractivity contribution in [2.24, 2.45) is 34.0 Å².